The predicted octanol–water partition coefficient (Wildman–Crippen LogP) is 2.20. The fourth-order valence-corrected chi connectivity index (χ4v) is 4.78. The lowest BCUT2D eigenvalue weighted by molar-refractivity contribution is -0.120. The van der Waals surface area contributed by atoms with Gasteiger partial charge < -0.3 is 5.32 Å². The third-order valence-electron chi connectivity index (χ3n) is 4.86. The van der Waals surface area contributed by atoms with E-state index in [1.807, 2.05) is 0 Å². The first-order chi connectivity index (χ1) is 12.1. The summed E-state index contributed by atoms with van der Waals surface area (Å²) in [5.41, 5.74) is 0.569. The van der Waals surface area contributed by atoms with Gasteiger partial charge in [0, 0.05) is 18.5 Å². The molecule has 0 bridgehead atoms. The van der Waals surface area contributed by atoms with Crippen molar-refractivity contribution in [3.05, 3.63) is 29.8 Å². The number of rotatable bonds is 7. The average molecular weight is 363 g/mol. The Balaban J connectivity index is 1.41. The van der Waals surface area contributed by atoms with Gasteiger partial charge >= 0.3 is 0 Å². The molecule has 0 atom stereocenters. The largest absolute Gasteiger partial charge is 0.356 e. The van der Waals surface area contributed by atoms with Crippen LogP contribution in [0.25, 0.3) is 0 Å². The van der Waals surface area contributed by atoms with Crippen molar-refractivity contribution in [3.8, 4) is 0 Å². The highest BCUT2D eigenvalue weighted by atomic mass is 32.2. The van der Waals surface area contributed by atoms with Crippen LogP contribution in [0.1, 0.15) is 50.5 Å². The molecule has 1 fully saturated rings. The van der Waals surface area contributed by atoms with E-state index in [0.29, 0.717) is 17.9 Å². The molecule has 0 aromatic heterocycles. The second-order valence-electron chi connectivity index (χ2n) is 6.72. The van der Waals surface area contributed by atoms with Crippen molar-refractivity contribution in [2.75, 3.05) is 13.1 Å². The normalized spacial score (nSPS) is 20.4. The lowest BCUT2D eigenvalue weighted by atomic mass is 10.0. The van der Waals surface area contributed by atoms with Crippen molar-refractivity contribution in [3.63, 3.8) is 0 Å². The Bertz CT molecular complexity index is 753. The van der Waals surface area contributed by atoms with Crippen LogP contribution in [0.5, 0.6) is 0 Å². The molecular weight excluding hydrogens is 338 g/mol. The van der Waals surface area contributed by atoms with E-state index in [0.717, 1.165) is 12.3 Å². The third-order valence-corrected chi connectivity index (χ3v) is 6.25. The monoisotopic (exact) mass is 363 g/mol. The molecule has 1 aliphatic carbocycles. The summed E-state index contributed by atoms with van der Waals surface area (Å²) in [6.45, 7) is 0.974. The van der Waals surface area contributed by atoms with Gasteiger partial charge in [0.25, 0.3) is 10.0 Å². The number of amidine groups is 1. The van der Waals surface area contributed by atoms with E-state index in [9.17, 15) is 13.2 Å². The average Bonchev–Trinajstić information content (AvgIpc) is 3.19. The number of carbonyl (C=O) groups excluding carboxylic acids is 1. The highest BCUT2D eigenvalue weighted by molar-refractivity contribution is 7.90. The number of amides is 1. The summed E-state index contributed by atoms with van der Waals surface area (Å²) in [5, 5.41) is 2.92. The van der Waals surface area contributed by atoms with E-state index in [1.54, 1.807) is 24.3 Å². The molecule has 1 aromatic rings. The van der Waals surface area contributed by atoms with Crippen LogP contribution in [-0.4, -0.2) is 33.3 Å². The fraction of sp³-hybridized carbons (Fsp3) is 0.556. The molecule has 136 valence electrons. The molecule has 0 saturated heterocycles. The number of benzene rings is 1. The second kappa shape index (κ2) is 7.99. The van der Waals surface area contributed by atoms with E-state index >= 15 is 0 Å². The van der Waals surface area contributed by atoms with E-state index in [-0.39, 0.29) is 23.8 Å². The van der Waals surface area contributed by atoms with Crippen LogP contribution in [0.4, 0.5) is 0 Å². The first-order valence-corrected chi connectivity index (χ1v) is 10.5. The first kappa shape index (κ1) is 17.9. The summed E-state index contributed by atoms with van der Waals surface area (Å²) in [5.74, 6) is 1.13. The molecule has 0 spiro atoms. The van der Waals surface area contributed by atoms with E-state index in [1.165, 1.54) is 32.1 Å². The zero-order valence-electron chi connectivity index (χ0n) is 14.3. The summed E-state index contributed by atoms with van der Waals surface area (Å²) in [4.78, 5) is 16.4. The number of sulfonamides is 1. The molecule has 1 aromatic carbocycles. The maximum Gasteiger partial charge on any atom is 0.263 e. The maximum absolute atomic E-state index is 12.0. The minimum Gasteiger partial charge on any atom is -0.356 e. The smallest absolute Gasteiger partial charge is 0.263 e. The molecule has 1 aliphatic heterocycles. The molecule has 6 nitrogen and oxygen atoms in total. The molecule has 2 aliphatic rings. The highest BCUT2D eigenvalue weighted by Gasteiger charge is 2.29. The Kier molecular flexibility index (Phi) is 5.73. The van der Waals surface area contributed by atoms with Gasteiger partial charge in [-0.05, 0) is 30.9 Å². The molecule has 1 saturated carbocycles. The Morgan fingerprint density at radius 3 is 2.80 bits per heavy atom. The van der Waals surface area contributed by atoms with Gasteiger partial charge in [-0.3, -0.25) is 14.5 Å². The fourth-order valence-electron chi connectivity index (χ4n) is 3.53. The van der Waals surface area contributed by atoms with Gasteiger partial charge in [0.2, 0.25) is 5.91 Å². The lowest BCUT2D eigenvalue weighted by Gasteiger charge is -2.09. The molecule has 25 heavy (non-hydrogen) atoms. The van der Waals surface area contributed by atoms with Crippen LogP contribution in [0.3, 0.4) is 0 Å². The Hall–Kier alpha value is -1.89. The zero-order valence-corrected chi connectivity index (χ0v) is 15.1. The standard InChI is InChI=1S/C18H25N3O3S/c22-17(19-12-5-8-14-6-1-2-7-14)11-13-20-18-15-9-3-4-10-16(15)25(23,24)21-18/h3-4,9-10,14H,1-2,5-8,11-13H2,(H,19,22)(H,20,21). The summed E-state index contributed by atoms with van der Waals surface area (Å²) in [6.07, 6.45) is 7.86. The van der Waals surface area contributed by atoms with Crippen molar-refractivity contribution in [2.24, 2.45) is 10.9 Å². The van der Waals surface area contributed by atoms with Crippen LogP contribution >= 0.6 is 0 Å². The molecule has 1 amide bonds. The van der Waals surface area contributed by atoms with E-state index in [4.69, 9.17) is 0 Å². The van der Waals surface area contributed by atoms with Gasteiger partial charge in [-0.2, -0.15) is 0 Å². The molecule has 0 unspecified atom stereocenters. The van der Waals surface area contributed by atoms with Crippen LogP contribution in [0.15, 0.2) is 34.2 Å². The number of fused-ring (bicyclic) bond motifs is 1. The third kappa shape index (κ3) is 4.60. The number of nitrogens with one attached hydrogen (secondary N) is 2. The summed E-state index contributed by atoms with van der Waals surface area (Å²) < 4.78 is 26.4. The van der Waals surface area contributed by atoms with Gasteiger partial charge in [0.15, 0.2) is 0 Å². The molecule has 2 N–H and O–H groups in total. The number of aliphatic imine (C=N–C) groups is 1. The molecule has 7 heteroatoms. The highest BCUT2D eigenvalue weighted by Crippen LogP contribution is 2.28. The van der Waals surface area contributed by atoms with Crippen molar-refractivity contribution < 1.29 is 13.2 Å². The Morgan fingerprint density at radius 2 is 2.00 bits per heavy atom. The van der Waals surface area contributed by atoms with Crippen molar-refractivity contribution in [2.45, 2.75) is 49.8 Å². The first-order valence-electron chi connectivity index (χ1n) is 8.99. The minimum atomic E-state index is -3.51. The Labute approximate surface area is 149 Å². The lowest BCUT2D eigenvalue weighted by Crippen LogP contribution is -2.26. The van der Waals surface area contributed by atoms with Crippen LogP contribution in [0.2, 0.25) is 0 Å². The van der Waals surface area contributed by atoms with Gasteiger partial charge in [0.05, 0.1) is 11.4 Å². The van der Waals surface area contributed by atoms with Gasteiger partial charge in [-0.15, -0.1) is 0 Å². The van der Waals surface area contributed by atoms with Crippen molar-refractivity contribution in [1.82, 2.24) is 10.0 Å². The topological polar surface area (TPSA) is 87.6 Å². The zero-order chi connectivity index (χ0) is 17.7. The maximum atomic E-state index is 12.0. The Morgan fingerprint density at radius 1 is 1.24 bits per heavy atom. The second-order valence-corrected chi connectivity index (χ2v) is 8.38. The SMILES string of the molecule is O=C(CCN=C1NS(=O)(=O)c2ccccc21)NCCCC1CCCC1. The number of hydrogen-bond acceptors (Lipinski definition) is 4. The quantitative estimate of drug-likeness (QED) is 0.728. The van der Waals surface area contributed by atoms with Gasteiger partial charge in [-0.1, -0.05) is 37.8 Å². The van der Waals surface area contributed by atoms with Crippen LogP contribution in [0, 0.1) is 5.92 Å². The van der Waals surface area contributed by atoms with Gasteiger partial charge in [0.1, 0.15) is 5.84 Å². The number of carbonyl (C=O) groups is 1. The molecule has 0 radical (unpaired) electrons. The van der Waals surface area contributed by atoms with Crippen molar-refractivity contribution >= 4 is 21.8 Å². The number of nitrogens with zero attached hydrogens (tertiary/aromatic N) is 1. The molecule has 1 heterocycles. The molecular formula is C18H25N3O3S. The van der Waals surface area contributed by atoms with Crippen molar-refractivity contribution in [1.29, 1.82) is 0 Å². The number of hydrogen-bond donors (Lipinski definition) is 2. The summed E-state index contributed by atoms with van der Waals surface area (Å²) >= 11 is 0. The van der Waals surface area contributed by atoms with E-state index < -0.39 is 10.0 Å². The van der Waals surface area contributed by atoms with Crippen LogP contribution < -0.4 is 10.0 Å². The minimum absolute atomic E-state index is 0.0371. The summed E-state index contributed by atoms with van der Waals surface area (Å²) in [7, 11) is -3.51. The van der Waals surface area contributed by atoms with Gasteiger partial charge in [-0.25, -0.2) is 8.42 Å². The summed E-state index contributed by atoms with van der Waals surface area (Å²) in [6, 6.07) is 6.72. The molecule has 3 rings (SSSR count). The van der Waals surface area contributed by atoms with Crippen LogP contribution in [-0.2, 0) is 14.8 Å². The van der Waals surface area contributed by atoms with E-state index in [2.05, 4.69) is 15.0 Å². The predicted molar refractivity (Wildman–Crippen MR) is 97.0 cm³/mol.